The number of esters is 1. The van der Waals surface area contributed by atoms with Gasteiger partial charge in [-0.05, 0) is 23.8 Å². The molecule has 0 aliphatic rings. The number of nitro benzene ring substituents is 1. The zero-order valence-electron chi connectivity index (χ0n) is 12.5. The van der Waals surface area contributed by atoms with Crippen molar-refractivity contribution >= 4 is 17.7 Å². The van der Waals surface area contributed by atoms with Gasteiger partial charge < -0.3 is 9.47 Å². The minimum atomic E-state index is -0.569. The Hall–Kier alpha value is -3.15. The number of methoxy groups -OCH3 is 1. The zero-order chi connectivity index (χ0) is 16.8. The number of benzene rings is 2. The number of nitrogens with zero attached hydrogens (tertiary/aromatic N) is 1. The SMILES string of the molecule is C=Cc1ccc(C(=O)OCc2c(OC)cccc2[N+](=O)[O-])cc1. The molecule has 0 radical (unpaired) electrons. The van der Waals surface area contributed by atoms with Crippen LogP contribution in [0.25, 0.3) is 6.08 Å². The van der Waals surface area contributed by atoms with Crippen LogP contribution in [0.15, 0.2) is 49.0 Å². The molecule has 0 heterocycles. The van der Waals surface area contributed by atoms with Gasteiger partial charge in [0.15, 0.2) is 0 Å². The molecular weight excluding hydrogens is 298 g/mol. The van der Waals surface area contributed by atoms with E-state index < -0.39 is 10.9 Å². The predicted octanol–water partition coefficient (Wildman–Crippen LogP) is 3.60. The first kappa shape index (κ1) is 16.2. The highest BCUT2D eigenvalue weighted by molar-refractivity contribution is 5.89. The molecule has 0 aromatic heterocycles. The maximum absolute atomic E-state index is 12.0. The molecule has 0 spiro atoms. The number of carbonyl (C=O) groups is 1. The lowest BCUT2D eigenvalue weighted by molar-refractivity contribution is -0.385. The molecule has 118 valence electrons. The molecule has 2 aromatic rings. The monoisotopic (exact) mass is 313 g/mol. The molecule has 0 N–H and O–H groups in total. The highest BCUT2D eigenvalue weighted by Crippen LogP contribution is 2.29. The smallest absolute Gasteiger partial charge is 0.338 e. The van der Waals surface area contributed by atoms with Crippen molar-refractivity contribution in [2.75, 3.05) is 7.11 Å². The molecule has 6 heteroatoms. The van der Waals surface area contributed by atoms with E-state index in [2.05, 4.69) is 6.58 Å². The molecule has 0 aliphatic heterocycles. The van der Waals surface area contributed by atoms with Crippen LogP contribution in [-0.4, -0.2) is 18.0 Å². The van der Waals surface area contributed by atoms with Crippen LogP contribution in [0.5, 0.6) is 5.75 Å². The first-order valence-corrected chi connectivity index (χ1v) is 6.76. The van der Waals surface area contributed by atoms with Gasteiger partial charge in [-0.1, -0.05) is 30.9 Å². The molecular formula is C17H15NO5. The van der Waals surface area contributed by atoms with Gasteiger partial charge in [0.25, 0.3) is 5.69 Å². The lowest BCUT2D eigenvalue weighted by Gasteiger charge is -2.10. The molecule has 2 rings (SSSR count). The second kappa shape index (κ2) is 7.22. The minimum Gasteiger partial charge on any atom is -0.496 e. The van der Waals surface area contributed by atoms with Crippen LogP contribution in [0.1, 0.15) is 21.5 Å². The number of hydrogen-bond acceptors (Lipinski definition) is 5. The Bertz CT molecular complexity index is 737. The number of rotatable bonds is 6. The Kier molecular flexibility index (Phi) is 5.09. The van der Waals surface area contributed by atoms with Crippen LogP contribution in [-0.2, 0) is 11.3 Å². The molecule has 0 bridgehead atoms. The summed E-state index contributed by atoms with van der Waals surface area (Å²) in [5, 5.41) is 11.1. The van der Waals surface area contributed by atoms with Crippen molar-refractivity contribution in [2.45, 2.75) is 6.61 Å². The van der Waals surface area contributed by atoms with Crippen molar-refractivity contribution in [3.8, 4) is 5.75 Å². The summed E-state index contributed by atoms with van der Waals surface area (Å²) in [6, 6.07) is 11.1. The fourth-order valence-electron chi connectivity index (χ4n) is 2.04. The first-order chi connectivity index (χ1) is 11.1. The summed E-state index contributed by atoms with van der Waals surface area (Å²) in [4.78, 5) is 22.6. The zero-order valence-corrected chi connectivity index (χ0v) is 12.5. The second-order valence-electron chi connectivity index (χ2n) is 4.62. The largest absolute Gasteiger partial charge is 0.496 e. The van der Waals surface area contributed by atoms with Gasteiger partial charge in [0.2, 0.25) is 0 Å². The van der Waals surface area contributed by atoms with Gasteiger partial charge in [0.1, 0.15) is 17.9 Å². The second-order valence-corrected chi connectivity index (χ2v) is 4.62. The van der Waals surface area contributed by atoms with Gasteiger partial charge in [0, 0.05) is 6.07 Å². The number of carbonyl (C=O) groups excluding carboxylic acids is 1. The van der Waals surface area contributed by atoms with Crippen molar-refractivity contribution in [1.29, 1.82) is 0 Å². The van der Waals surface area contributed by atoms with Crippen LogP contribution in [0, 0.1) is 10.1 Å². The fraction of sp³-hybridized carbons (Fsp3) is 0.118. The third kappa shape index (κ3) is 3.74. The molecule has 0 saturated carbocycles. The van der Waals surface area contributed by atoms with Crippen LogP contribution in [0.3, 0.4) is 0 Å². The number of nitro groups is 1. The van der Waals surface area contributed by atoms with E-state index in [0.717, 1.165) is 5.56 Å². The highest BCUT2D eigenvalue weighted by atomic mass is 16.6. The van der Waals surface area contributed by atoms with E-state index >= 15 is 0 Å². The van der Waals surface area contributed by atoms with E-state index in [4.69, 9.17) is 9.47 Å². The Morgan fingerprint density at radius 1 is 1.26 bits per heavy atom. The summed E-state index contributed by atoms with van der Waals surface area (Å²) in [6.07, 6.45) is 1.66. The lowest BCUT2D eigenvalue weighted by atomic mass is 10.1. The van der Waals surface area contributed by atoms with E-state index in [1.54, 1.807) is 36.4 Å². The molecule has 6 nitrogen and oxygen atoms in total. The average molecular weight is 313 g/mol. The molecule has 2 aromatic carbocycles. The van der Waals surface area contributed by atoms with Crippen molar-refractivity contribution < 1.29 is 19.2 Å². The van der Waals surface area contributed by atoms with Crippen molar-refractivity contribution in [3.05, 3.63) is 75.8 Å². The molecule has 0 aliphatic carbocycles. The minimum absolute atomic E-state index is 0.154. The molecule has 23 heavy (non-hydrogen) atoms. The van der Waals surface area contributed by atoms with E-state index in [9.17, 15) is 14.9 Å². The normalized spacial score (nSPS) is 9.96. The fourth-order valence-corrected chi connectivity index (χ4v) is 2.04. The van der Waals surface area contributed by atoms with E-state index in [1.165, 1.54) is 19.2 Å². The highest BCUT2D eigenvalue weighted by Gasteiger charge is 2.20. The Balaban J connectivity index is 2.17. The lowest BCUT2D eigenvalue weighted by Crippen LogP contribution is -2.07. The van der Waals surface area contributed by atoms with E-state index in [-0.39, 0.29) is 17.9 Å². The van der Waals surface area contributed by atoms with Gasteiger partial charge in [-0.25, -0.2) is 4.79 Å². The topological polar surface area (TPSA) is 78.7 Å². The van der Waals surface area contributed by atoms with Gasteiger partial charge in [0.05, 0.1) is 17.6 Å². The summed E-state index contributed by atoms with van der Waals surface area (Å²) in [6.45, 7) is 3.39. The van der Waals surface area contributed by atoms with Gasteiger partial charge in [-0.15, -0.1) is 0 Å². The van der Waals surface area contributed by atoms with Crippen LogP contribution < -0.4 is 4.74 Å². The number of ether oxygens (including phenoxy) is 2. The van der Waals surface area contributed by atoms with Crippen molar-refractivity contribution in [2.24, 2.45) is 0 Å². The maximum Gasteiger partial charge on any atom is 0.338 e. The molecule has 0 fully saturated rings. The summed E-state index contributed by atoms with van der Waals surface area (Å²) in [5.74, 6) is -0.269. The quantitative estimate of drug-likeness (QED) is 0.462. The molecule has 0 unspecified atom stereocenters. The molecule has 0 saturated heterocycles. The van der Waals surface area contributed by atoms with Crippen LogP contribution in [0.2, 0.25) is 0 Å². The van der Waals surface area contributed by atoms with E-state index in [0.29, 0.717) is 11.3 Å². The average Bonchev–Trinajstić information content (AvgIpc) is 2.59. The third-order valence-electron chi connectivity index (χ3n) is 3.25. The van der Waals surface area contributed by atoms with E-state index in [1.807, 2.05) is 0 Å². The molecule has 0 amide bonds. The van der Waals surface area contributed by atoms with Crippen LogP contribution in [0.4, 0.5) is 5.69 Å². The number of hydrogen-bond donors (Lipinski definition) is 0. The van der Waals surface area contributed by atoms with Gasteiger partial charge in [-0.3, -0.25) is 10.1 Å². The summed E-state index contributed by atoms with van der Waals surface area (Å²) < 4.78 is 10.3. The summed E-state index contributed by atoms with van der Waals surface area (Å²) in [5.41, 5.74) is 1.30. The predicted molar refractivity (Wildman–Crippen MR) is 85.3 cm³/mol. The summed E-state index contributed by atoms with van der Waals surface area (Å²) in [7, 11) is 1.40. The Morgan fingerprint density at radius 3 is 2.52 bits per heavy atom. The standard InChI is InChI=1S/C17H15NO5/c1-3-12-7-9-13(10-8-12)17(19)23-11-14-15(18(20)21)5-4-6-16(14)22-2/h3-10H,1,11H2,2H3. The maximum atomic E-state index is 12.0. The summed E-state index contributed by atoms with van der Waals surface area (Å²) >= 11 is 0. The molecule has 0 atom stereocenters. The Labute approximate surface area is 133 Å². The van der Waals surface area contributed by atoms with Crippen LogP contribution >= 0.6 is 0 Å². The van der Waals surface area contributed by atoms with Crippen molar-refractivity contribution in [3.63, 3.8) is 0 Å². The Morgan fingerprint density at radius 2 is 1.96 bits per heavy atom. The van der Waals surface area contributed by atoms with Crippen molar-refractivity contribution in [1.82, 2.24) is 0 Å². The first-order valence-electron chi connectivity index (χ1n) is 6.76. The van der Waals surface area contributed by atoms with Gasteiger partial charge in [-0.2, -0.15) is 0 Å². The van der Waals surface area contributed by atoms with Gasteiger partial charge >= 0.3 is 5.97 Å². The third-order valence-corrected chi connectivity index (χ3v) is 3.25.